The van der Waals surface area contributed by atoms with Gasteiger partial charge in [-0.15, -0.1) is 0 Å². The van der Waals surface area contributed by atoms with E-state index in [1.54, 1.807) is 0 Å². The minimum absolute atomic E-state index is 0.00554. The van der Waals surface area contributed by atoms with Gasteiger partial charge in [-0.3, -0.25) is 4.79 Å². The number of hydrogen-bond acceptors (Lipinski definition) is 8. The number of pyridine rings is 1. The number of methoxy groups -OCH3 is 2. The van der Waals surface area contributed by atoms with Crippen molar-refractivity contribution in [1.29, 1.82) is 0 Å². The van der Waals surface area contributed by atoms with Crippen LogP contribution in [-0.4, -0.2) is 61.0 Å². The predicted octanol–water partition coefficient (Wildman–Crippen LogP) is 2.58. The molecule has 174 valence electrons. The maximum absolute atomic E-state index is 12.7. The van der Waals surface area contributed by atoms with Crippen LogP contribution in [-0.2, 0) is 14.3 Å². The Morgan fingerprint density at radius 2 is 1.78 bits per heavy atom. The van der Waals surface area contributed by atoms with Gasteiger partial charge in [0.1, 0.15) is 17.9 Å². The van der Waals surface area contributed by atoms with Gasteiger partial charge in [0.05, 0.1) is 13.7 Å². The first-order chi connectivity index (χ1) is 15.3. The van der Waals surface area contributed by atoms with Crippen molar-refractivity contribution in [3.8, 4) is 17.2 Å². The van der Waals surface area contributed by atoms with Crippen LogP contribution in [0.5, 0.6) is 17.2 Å². The average molecular weight is 447 g/mol. The summed E-state index contributed by atoms with van der Waals surface area (Å²) >= 11 is 0. The molecule has 2 N–H and O–H groups in total. The topological polar surface area (TPSA) is 116 Å². The lowest BCUT2D eigenvalue weighted by molar-refractivity contribution is -0.161. The highest BCUT2D eigenvalue weighted by molar-refractivity contribution is 5.97. The highest BCUT2D eigenvalue weighted by Gasteiger charge is 2.32. The van der Waals surface area contributed by atoms with E-state index in [9.17, 15) is 14.7 Å². The molecule has 0 fully saturated rings. The maximum Gasteiger partial charge on any atom is 0.328 e. The molecule has 1 aromatic heterocycles. The number of carbonyl (C=O) groups excluding carboxylic acids is 2. The van der Waals surface area contributed by atoms with Gasteiger partial charge in [0.2, 0.25) is 0 Å². The van der Waals surface area contributed by atoms with E-state index in [0.29, 0.717) is 5.75 Å². The van der Waals surface area contributed by atoms with Crippen LogP contribution < -0.4 is 14.8 Å². The molecule has 2 aromatic rings. The second-order valence-corrected chi connectivity index (χ2v) is 7.48. The van der Waals surface area contributed by atoms with Crippen LogP contribution in [0.2, 0.25) is 0 Å². The van der Waals surface area contributed by atoms with Gasteiger partial charge in [0.15, 0.2) is 23.3 Å². The van der Waals surface area contributed by atoms with Gasteiger partial charge in [-0.2, -0.15) is 0 Å². The highest BCUT2D eigenvalue weighted by atomic mass is 16.6. The molecule has 0 aliphatic carbocycles. The zero-order chi connectivity index (χ0) is 23.7. The van der Waals surface area contributed by atoms with Crippen molar-refractivity contribution in [2.45, 2.75) is 39.0 Å². The Hall–Kier alpha value is -3.33. The number of ether oxygens (including phenoxy) is 4. The molecular weight excluding hydrogens is 416 g/mol. The molecule has 0 aliphatic heterocycles. The van der Waals surface area contributed by atoms with E-state index in [-0.39, 0.29) is 24.0 Å². The predicted molar refractivity (Wildman–Crippen MR) is 117 cm³/mol. The number of nitrogens with zero attached hydrogens (tertiary/aromatic N) is 1. The molecule has 0 radical (unpaired) electrons. The average Bonchev–Trinajstić information content (AvgIpc) is 2.77. The van der Waals surface area contributed by atoms with E-state index in [1.165, 1.54) is 33.4 Å². The summed E-state index contributed by atoms with van der Waals surface area (Å²) in [5.74, 6) is -1.09. The molecule has 0 bridgehead atoms. The van der Waals surface area contributed by atoms with Crippen molar-refractivity contribution < 1.29 is 33.6 Å². The zero-order valence-electron chi connectivity index (χ0n) is 18.9. The number of esters is 1. The minimum atomic E-state index is -1.02. The number of aromatic hydroxyl groups is 1. The van der Waals surface area contributed by atoms with Gasteiger partial charge in [-0.25, -0.2) is 9.78 Å². The molecule has 0 saturated heterocycles. The van der Waals surface area contributed by atoms with Crippen LogP contribution in [0, 0.1) is 5.92 Å². The lowest BCUT2D eigenvalue weighted by Crippen LogP contribution is -2.47. The van der Waals surface area contributed by atoms with Crippen LogP contribution in [0.4, 0.5) is 0 Å². The first-order valence-corrected chi connectivity index (χ1v) is 10.2. The third-order valence-electron chi connectivity index (χ3n) is 4.66. The Morgan fingerprint density at radius 1 is 1.09 bits per heavy atom. The van der Waals surface area contributed by atoms with E-state index in [0.717, 1.165) is 0 Å². The third-order valence-corrected chi connectivity index (χ3v) is 4.66. The summed E-state index contributed by atoms with van der Waals surface area (Å²) in [7, 11) is 2.86. The summed E-state index contributed by atoms with van der Waals surface area (Å²) in [4.78, 5) is 29.1. The summed E-state index contributed by atoms with van der Waals surface area (Å²) in [6, 6.07) is 9.61. The van der Waals surface area contributed by atoms with E-state index in [1.807, 2.05) is 44.2 Å². The third kappa shape index (κ3) is 6.58. The Balaban J connectivity index is 2.09. The number of nitrogens with one attached hydrogen (secondary N) is 1. The van der Waals surface area contributed by atoms with E-state index in [4.69, 9.17) is 18.9 Å². The molecule has 32 heavy (non-hydrogen) atoms. The zero-order valence-corrected chi connectivity index (χ0v) is 18.9. The van der Waals surface area contributed by atoms with Crippen LogP contribution in [0.15, 0.2) is 42.6 Å². The van der Waals surface area contributed by atoms with Crippen LogP contribution in [0.25, 0.3) is 0 Å². The van der Waals surface area contributed by atoms with Gasteiger partial charge in [-0.05, 0) is 25.0 Å². The van der Waals surface area contributed by atoms with Crippen molar-refractivity contribution in [2.75, 3.05) is 20.8 Å². The largest absolute Gasteiger partial charge is 0.503 e. The van der Waals surface area contributed by atoms with Crippen LogP contribution in [0.3, 0.4) is 0 Å². The monoisotopic (exact) mass is 446 g/mol. The van der Waals surface area contributed by atoms with Gasteiger partial charge in [0.25, 0.3) is 5.91 Å². The maximum atomic E-state index is 12.7. The molecule has 3 atom stereocenters. The molecule has 2 rings (SSSR count). The number of para-hydroxylation sites is 1. The molecular formula is C23H30N2O7. The fourth-order valence-corrected chi connectivity index (χ4v) is 3.00. The standard InChI is InChI=1S/C23H30N2O7/c1-14(2)21(31-16-9-7-6-8-10-16)18(13-29-4)32-23(28)15(3)25-22(27)19-20(26)17(30-5)11-12-24-19/h6-12,14-15,18,21,26H,13H2,1-5H3,(H,25,27)/t15-,18-,21+/m0/s1. The van der Waals surface area contributed by atoms with Gasteiger partial charge >= 0.3 is 5.97 Å². The SMILES string of the molecule is COC[C@H](OC(=O)[C@H](C)NC(=O)c1nccc(OC)c1O)[C@H](Oc1ccccc1)C(C)C. The molecule has 0 aliphatic rings. The molecule has 0 unspecified atom stereocenters. The Kier molecular flexibility index (Phi) is 9.27. The summed E-state index contributed by atoms with van der Waals surface area (Å²) in [6.45, 7) is 5.49. The Bertz CT molecular complexity index is 889. The molecule has 0 spiro atoms. The van der Waals surface area contributed by atoms with E-state index < -0.39 is 35.9 Å². The Morgan fingerprint density at radius 3 is 2.38 bits per heavy atom. The first-order valence-electron chi connectivity index (χ1n) is 10.2. The number of carbonyl (C=O) groups is 2. The quantitative estimate of drug-likeness (QED) is 0.506. The molecule has 9 nitrogen and oxygen atoms in total. The normalized spacial score (nSPS) is 13.7. The van der Waals surface area contributed by atoms with Crippen molar-refractivity contribution in [1.82, 2.24) is 10.3 Å². The summed E-state index contributed by atoms with van der Waals surface area (Å²) < 4.78 is 21.9. The number of amides is 1. The molecule has 9 heteroatoms. The minimum Gasteiger partial charge on any atom is -0.503 e. The summed E-state index contributed by atoms with van der Waals surface area (Å²) in [5, 5.41) is 12.6. The second-order valence-electron chi connectivity index (χ2n) is 7.48. The molecule has 1 heterocycles. The van der Waals surface area contributed by atoms with Crippen molar-refractivity contribution in [3.05, 3.63) is 48.3 Å². The smallest absolute Gasteiger partial charge is 0.328 e. The van der Waals surface area contributed by atoms with Crippen LogP contribution in [0.1, 0.15) is 31.3 Å². The van der Waals surface area contributed by atoms with Gasteiger partial charge < -0.3 is 29.4 Å². The van der Waals surface area contributed by atoms with Crippen LogP contribution >= 0.6 is 0 Å². The summed E-state index contributed by atoms with van der Waals surface area (Å²) in [5.41, 5.74) is -0.259. The molecule has 0 saturated carbocycles. The first kappa shape index (κ1) is 24.9. The second kappa shape index (κ2) is 11.9. The van der Waals surface area contributed by atoms with Gasteiger partial charge in [-0.1, -0.05) is 32.0 Å². The number of aromatic nitrogens is 1. The fourth-order valence-electron chi connectivity index (χ4n) is 3.00. The number of rotatable bonds is 11. The van der Waals surface area contributed by atoms with Crippen molar-refractivity contribution >= 4 is 11.9 Å². The molecule has 1 amide bonds. The van der Waals surface area contributed by atoms with E-state index in [2.05, 4.69) is 10.3 Å². The Labute approximate surface area is 187 Å². The number of hydrogen-bond donors (Lipinski definition) is 2. The van der Waals surface area contributed by atoms with E-state index >= 15 is 0 Å². The van der Waals surface area contributed by atoms with Crippen molar-refractivity contribution in [2.24, 2.45) is 5.92 Å². The number of benzene rings is 1. The fraction of sp³-hybridized carbons (Fsp3) is 0.435. The molecule has 1 aromatic carbocycles. The lowest BCUT2D eigenvalue weighted by atomic mass is 10.0. The summed E-state index contributed by atoms with van der Waals surface area (Å²) in [6.07, 6.45) is 0.128. The van der Waals surface area contributed by atoms with Gasteiger partial charge in [0, 0.05) is 19.4 Å². The highest BCUT2D eigenvalue weighted by Crippen LogP contribution is 2.27. The van der Waals surface area contributed by atoms with Crippen molar-refractivity contribution in [3.63, 3.8) is 0 Å². The lowest BCUT2D eigenvalue weighted by Gasteiger charge is -2.31.